The van der Waals surface area contributed by atoms with Crippen LogP contribution in [0.15, 0.2) is 41.3 Å². The molecule has 2 aromatic carbocycles. The number of nitrogens with zero attached hydrogens (tertiary/aromatic N) is 4. The second-order valence-corrected chi connectivity index (χ2v) is 9.61. The van der Waals surface area contributed by atoms with E-state index in [0.29, 0.717) is 18.7 Å². The molecule has 2 heterocycles. The normalized spacial score (nSPS) is 16.5. The van der Waals surface area contributed by atoms with Crippen LogP contribution in [0.4, 0.5) is 16.2 Å². The predicted octanol–water partition coefficient (Wildman–Crippen LogP) is 4.74. The van der Waals surface area contributed by atoms with Crippen molar-refractivity contribution < 1.29 is 33.7 Å². The monoisotopic (exact) mass is 556 g/mol. The summed E-state index contributed by atoms with van der Waals surface area (Å²) in [5.74, 6) is -0.766. The largest absolute Gasteiger partial charge is 0.490 e. The fourth-order valence-electron chi connectivity index (χ4n) is 4.10. The summed E-state index contributed by atoms with van der Waals surface area (Å²) in [5, 5.41) is 21.9. The van der Waals surface area contributed by atoms with E-state index in [2.05, 4.69) is 0 Å². The van der Waals surface area contributed by atoms with Crippen LogP contribution < -0.4 is 9.47 Å². The lowest BCUT2D eigenvalue weighted by molar-refractivity contribution is -0.394. The van der Waals surface area contributed by atoms with Crippen molar-refractivity contribution in [1.29, 1.82) is 0 Å². The Hall–Kier alpha value is -4.46. The van der Waals surface area contributed by atoms with E-state index in [-0.39, 0.29) is 41.2 Å². The van der Waals surface area contributed by atoms with Crippen molar-refractivity contribution in [3.8, 4) is 17.2 Å². The van der Waals surface area contributed by atoms with Gasteiger partial charge in [0.1, 0.15) is 6.54 Å². The quantitative estimate of drug-likeness (QED) is 0.239. The second kappa shape index (κ2) is 11.9. The summed E-state index contributed by atoms with van der Waals surface area (Å²) in [5.41, 5.74) is -0.568. The van der Waals surface area contributed by atoms with E-state index >= 15 is 0 Å². The Balaban J connectivity index is 1.55. The summed E-state index contributed by atoms with van der Waals surface area (Å²) in [4.78, 5) is 61.6. The SMILES string of the molecule is CCOc1cc(/C=C2/SC(=O)N(CC(=O)N3CCCCC3)C2=O)ccc1Oc1ccc([N+](=O)[O-])cc1[N+](=O)[O-]. The zero-order valence-electron chi connectivity index (χ0n) is 20.9. The molecule has 14 heteroatoms. The van der Waals surface area contributed by atoms with Crippen LogP contribution in [-0.2, 0) is 9.59 Å². The van der Waals surface area contributed by atoms with E-state index in [1.807, 2.05) is 0 Å². The maximum atomic E-state index is 12.9. The van der Waals surface area contributed by atoms with Crippen LogP contribution in [0, 0.1) is 20.2 Å². The van der Waals surface area contributed by atoms with E-state index in [1.54, 1.807) is 17.9 Å². The zero-order valence-corrected chi connectivity index (χ0v) is 21.7. The first kappa shape index (κ1) is 27.6. The number of hydrogen-bond acceptors (Lipinski definition) is 10. The van der Waals surface area contributed by atoms with E-state index in [1.165, 1.54) is 18.2 Å². The molecule has 2 aromatic rings. The zero-order chi connectivity index (χ0) is 28.1. The number of ether oxygens (including phenoxy) is 2. The van der Waals surface area contributed by atoms with Gasteiger partial charge in [-0.05, 0) is 67.8 Å². The first-order chi connectivity index (χ1) is 18.7. The van der Waals surface area contributed by atoms with Gasteiger partial charge in [0.05, 0.1) is 27.4 Å². The average molecular weight is 557 g/mol. The van der Waals surface area contributed by atoms with Crippen LogP contribution in [0.2, 0.25) is 0 Å². The molecule has 0 atom stereocenters. The Labute approximate surface area is 226 Å². The minimum Gasteiger partial charge on any atom is -0.490 e. The fourth-order valence-corrected chi connectivity index (χ4v) is 4.94. The van der Waals surface area contributed by atoms with Gasteiger partial charge < -0.3 is 14.4 Å². The van der Waals surface area contributed by atoms with Crippen molar-refractivity contribution in [3.63, 3.8) is 0 Å². The van der Waals surface area contributed by atoms with Gasteiger partial charge >= 0.3 is 5.69 Å². The van der Waals surface area contributed by atoms with Crippen molar-refractivity contribution in [2.75, 3.05) is 26.2 Å². The molecule has 2 fully saturated rings. The van der Waals surface area contributed by atoms with Crippen molar-refractivity contribution in [2.45, 2.75) is 26.2 Å². The number of carbonyl (C=O) groups is 3. The van der Waals surface area contributed by atoms with Crippen molar-refractivity contribution in [3.05, 3.63) is 67.1 Å². The number of carbonyl (C=O) groups excluding carboxylic acids is 3. The third-order valence-corrected chi connectivity index (χ3v) is 6.92. The van der Waals surface area contributed by atoms with E-state index in [4.69, 9.17) is 9.47 Å². The molecule has 3 amide bonds. The van der Waals surface area contributed by atoms with Crippen LogP contribution in [0.3, 0.4) is 0 Å². The average Bonchev–Trinajstić information content (AvgIpc) is 3.17. The lowest BCUT2D eigenvalue weighted by Crippen LogP contribution is -2.44. The minimum atomic E-state index is -0.789. The molecule has 0 aromatic heterocycles. The van der Waals surface area contributed by atoms with E-state index in [0.717, 1.165) is 54.1 Å². The third kappa shape index (κ3) is 6.34. The molecule has 204 valence electrons. The molecule has 0 bridgehead atoms. The Bertz CT molecular complexity index is 1370. The lowest BCUT2D eigenvalue weighted by Gasteiger charge is -2.27. The summed E-state index contributed by atoms with van der Waals surface area (Å²) in [6.07, 6.45) is 4.32. The summed E-state index contributed by atoms with van der Waals surface area (Å²) >= 11 is 0.726. The molecule has 13 nitrogen and oxygen atoms in total. The van der Waals surface area contributed by atoms with Gasteiger partial charge in [-0.3, -0.25) is 39.5 Å². The number of amides is 3. The Morgan fingerprint density at radius 3 is 2.38 bits per heavy atom. The van der Waals surface area contributed by atoms with Gasteiger partial charge in [-0.15, -0.1) is 0 Å². The summed E-state index contributed by atoms with van der Waals surface area (Å²) < 4.78 is 11.3. The molecule has 0 aliphatic carbocycles. The van der Waals surface area contributed by atoms with Crippen LogP contribution in [0.1, 0.15) is 31.7 Å². The van der Waals surface area contributed by atoms with Crippen LogP contribution in [0.5, 0.6) is 17.2 Å². The second-order valence-electron chi connectivity index (χ2n) is 8.62. The number of imide groups is 1. The van der Waals surface area contributed by atoms with Gasteiger partial charge in [0.2, 0.25) is 11.7 Å². The summed E-state index contributed by atoms with van der Waals surface area (Å²) in [7, 11) is 0. The Kier molecular flexibility index (Phi) is 8.44. The fraction of sp³-hybridized carbons (Fsp3) is 0.320. The number of non-ortho nitro benzene ring substituents is 1. The number of thioether (sulfide) groups is 1. The Morgan fingerprint density at radius 2 is 1.72 bits per heavy atom. The number of nitro benzene ring substituents is 2. The summed E-state index contributed by atoms with van der Waals surface area (Å²) in [6, 6.07) is 7.57. The number of nitro groups is 2. The minimum absolute atomic E-state index is 0.103. The van der Waals surface area contributed by atoms with E-state index < -0.39 is 32.4 Å². The first-order valence-electron chi connectivity index (χ1n) is 12.1. The molecular formula is C25H24N4O9S. The van der Waals surface area contributed by atoms with Crippen LogP contribution in [0.25, 0.3) is 6.08 Å². The highest BCUT2D eigenvalue weighted by atomic mass is 32.2. The molecule has 0 saturated carbocycles. The highest BCUT2D eigenvalue weighted by Crippen LogP contribution is 2.39. The number of likely N-dealkylation sites (tertiary alicyclic amines) is 1. The van der Waals surface area contributed by atoms with Crippen LogP contribution >= 0.6 is 11.8 Å². The van der Waals surface area contributed by atoms with Gasteiger partial charge in [0.15, 0.2) is 11.5 Å². The van der Waals surface area contributed by atoms with Gasteiger partial charge in [-0.25, -0.2) is 0 Å². The molecule has 2 aliphatic rings. The molecule has 0 radical (unpaired) electrons. The molecule has 39 heavy (non-hydrogen) atoms. The Morgan fingerprint density at radius 1 is 1.00 bits per heavy atom. The van der Waals surface area contributed by atoms with Gasteiger partial charge in [0.25, 0.3) is 16.8 Å². The molecule has 2 saturated heterocycles. The summed E-state index contributed by atoms with van der Waals surface area (Å²) in [6.45, 7) is 2.85. The maximum absolute atomic E-state index is 12.9. The first-order valence-corrected chi connectivity index (χ1v) is 12.9. The van der Waals surface area contributed by atoms with Gasteiger partial charge in [-0.1, -0.05) is 6.07 Å². The van der Waals surface area contributed by atoms with Gasteiger partial charge in [0, 0.05) is 19.2 Å². The molecule has 4 rings (SSSR count). The van der Waals surface area contributed by atoms with Crippen molar-refractivity contribution in [2.24, 2.45) is 0 Å². The maximum Gasteiger partial charge on any atom is 0.318 e. The number of benzene rings is 2. The van der Waals surface area contributed by atoms with Crippen molar-refractivity contribution in [1.82, 2.24) is 9.80 Å². The number of piperidine rings is 1. The lowest BCUT2D eigenvalue weighted by atomic mass is 10.1. The highest BCUT2D eigenvalue weighted by Gasteiger charge is 2.37. The van der Waals surface area contributed by atoms with Crippen LogP contribution in [-0.4, -0.2) is 62.9 Å². The number of hydrogen-bond donors (Lipinski definition) is 0. The number of rotatable bonds is 9. The molecule has 0 N–H and O–H groups in total. The smallest absolute Gasteiger partial charge is 0.318 e. The van der Waals surface area contributed by atoms with Crippen molar-refractivity contribution >= 4 is 46.3 Å². The third-order valence-electron chi connectivity index (χ3n) is 6.01. The van der Waals surface area contributed by atoms with Gasteiger partial charge in [-0.2, -0.15) is 0 Å². The standard InChI is InChI=1S/C25H24N4O9S/c1-2-37-21-12-16(6-8-20(21)38-19-9-7-17(28(33)34)14-18(19)29(35)36)13-22-24(31)27(25(32)39-22)15-23(30)26-10-4-3-5-11-26/h6-9,12-14H,2-5,10-11,15H2,1H3/b22-13+. The molecule has 2 aliphatic heterocycles. The topological polar surface area (TPSA) is 162 Å². The molecule has 0 spiro atoms. The molecular weight excluding hydrogens is 532 g/mol. The van der Waals surface area contributed by atoms with E-state index in [9.17, 15) is 34.6 Å². The highest BCUT2D eigenvalue weighted by molar-refractivity contribution is 8.18. The molecule has 0 unspecified atom stereocenters. The predicted molar refractivity (Wildman–Crippen MR) is 141 cm³/mol.